The van der Waals surface area contributed by atoms with Crippen LogP contribution in [0.4, 0.5) is 0 Å². The highest BCUT2D eigenvalue weighted by Crippen LogP contribution is 2.11. The van der Waals surface area contributed by atoms with Crippen LogP contribution in [-0.4, -0.2) is 53.4 Å². The summed E-state index contributed by atoms with van der Waals surface area (Å²) in [6, 6.07) is 0.382. The lowest BCUT2D eigenvalue weighted by Gasteiger charge is -2.37. The highest BCUT2D eigenvalue weighted by atomic mass is 32.1. The minimum Gasteiger partial charge on any atom is -0.394 e. The maximum atomic E-state index is 8.97. The van der Waals surface area contributed by atoms with Gasteiger partial charge in [0.05, 0.1) is 24.3 Å². The molecule has 0 aromatic heterocycles. The van der Waals surface area contributed by atoms with Crippen LogP contribution < -0.4 is 5.73 Å². The molecule has 1 heterocycles. The first-order valence-electron chi connectivity index (χ1n) is 4.88. The molecule has 1 rings (SSSR count). The van der Waals surface area contributed by atoms with Gasteiger partial charge in [-0.1, -0.05) is 12.2 Å². The second-order valence-electron chi connectivity index (χ2n) is 3.70. The van der Waals surface area contributed by atoms with Crippen LogP contribution in [0.1, 0.15) is 13.3 Å². The molecule has 82 valence electrons. The van der Waals surface area contributed by atoms with E-state index in [0.717, 1.165) is 19.5 Å². The first kappa shape index (κ1) is 11.8. The summed E-state index contributed by atoms with van der Waals surface area (Å²) in [5, 5.41) is 8.97. The Kier molecular flexibility index (Phi) is 4.74. The van der Waals surface area contributed by atoms with Crippen molar-refractivity contribution in [2.45, 2.75) is 25.5 Å². The van der Waals surface area contributed by atoms with Gasteiger partial charge in [-0.3, -0.25) is 4.90 Å². The molecular weight excluding hydrogens is 200 g/mol. The minimum absolute atomic E-state index is 0.0578. The molecule has 3 N–H and O–H groups in total. The molecule has 0 radical (unpaired) electrons. The van der Waals surface area contributed by atoms with Crippen molar-refractivity contribution in [1.82, 2.24) is 4.90 Å². The fraction of sp³-hybridized carbons (Fsp3) is 0.889. The Bertz CT molecular complexity index is 201. The average molecular weight is 218 g/mol. The average Bonchev–Trinajstić information content (AvgIpc) is 2.16. The van der Waals surface area contributed by atoms with Crippen molar-refractivity contribution in [3.8, 4) is 0 Å². The SMILES string of the molecule is CC1COC(CO)CN1CCC(N)=S. The molecule has 1 fully saturated rings. The molecule has 0 bridgehead atoms. The Balaban J connectivity index is 2.36. The normalized spacial score (nSPS) is 29.0. The van der Waals surface area contributed by atoms with Crippen molar-refractivity contribution in [1.29, 1.82) is 0 Å². The van der Waals surface area contributed by atoms with E-state index in [9.17, 15) is 0 Å². The molecule has 14 heavy (non-hydrogen) atoms. The van der Waals surface area contributed by atoms with Gasteiger partial charge in [0.1, 0.15) is 0 Å². The maximum Gasteiger partial charge on any atom is 0.0933 e. The van der Waals surface area contributed by atoms with Gasteiger partial charge in [0.2, 0.25) is 0 Å². The van der Waals surface area contributed by atoms with Crippen LogP contribution in [0.15, 0.2) is 0 Å². The van der Waals surface area contributed by atoms with E-state index in [0.29, 0.717) is 17.6 Å². The minimum atomic E-state index is -0.0578. The molecule has 0 saturated carbocycles. The molecule has 0 aliphatic carbocycles. The molecule has 1 saturated heterocycles. The van der Waals surface area contributed by atoms with Gasteiger partial charge < -0.3 is 15.6 Å². The monoisotopic (exact) mass is 218 g/mol. The predicted octanol–water partition coefficient (Wildman–Crippen LogP) is -0.256. The molecule has 0 amide bonds. The van der Waals surface area contributed by atoms with Crippen LogP contribution >= 0.6 is 12.2 Å². The van der Waals surface area contributed by atoms with Crippen molar-refractivity contribution in [3.63, 3.8) is 0 Å². The number of hydrogen-bond acceptors (Lipinski definition) is 4. The van der Waals surface area contributed by atoms with Gasteiger partial charge in [-0.05, 0) is 6.92 Å². The number of aliphatic hydroxyl groups is 1. The number of thiocarbonyl (C=S) groups is 1. The lowest BCUT2D eigenvalue weighted by atomic mass is 10.2. The number of aliphatic hydroxyl groups excluding tert-OH is 1. The van der Waals surface area contributed by atoms with Crippen molar-refractivity contribution < 1.29 is 9.84 Å². The topological polar surface area (TPSA) is 58.7 Å². The number of rotatable bonds is 4. The second kappa shape index (κ2) is 5.60. The lowest BCUT2D eigenvalue weighted by Crippen LogP contribution is -2.50. The van der Waals surface area contributed by atoms with Gasteiger partial charge in [0.15, 0.2) is 0 Å². The highest BCUT2D eigenvalue weighted by molar-refractivity contribution is 7.80. The first-order chi connectivity index (χ1) is 6.63. The van der Waals surface area contributed by atoms with Crippen LogP contribution in [-0.2, 0) is 4.74 Å². The van der Waals surface area contributed by atoms with Crippen LogP contribution in [0.3, 0.4) is 0 Å². The summed E-state index contributed by atoms with van der Waals surface area (Å²) in [4.78, 5) is 2.80. The predicted molar refractivity (Wildman–Crippen MR) is 59.3 cm³/mol. The molecule has 2 unspecified atom stereocenters. The zero-order valence-electron chi connectivity index (χ0n) is 8.48. The highest BCUT2D eigenvalue weighted by Gasteiger charge is 2.24. The number of morpholine rings is 1. The zero-order valence-corrected chi connectivity index (χ0v) is 9.30. The zero-order chi connectivity index (χ0) is 10.6. The molecule has 2 atom stereocenters. The molecule has 4 nitrogen and oxygen atoms in total. The Hall–Kier alpha value is -0.230. The Morgan fingerprint density at radius 3 is 3.00 bits per heavy atom. The third kappa shape index (κ3) is 3.49. The second-order valence-corrected chi connectivity index (χ2v) is 4.22. The fourth-order valence-corrected chi connectivity index (χ4v) is 1.64. The van der Waals surface area contributed by atoms with E-state index >= 15 is 0 Å². The van der Waals surface area contributed by atoms with Crippen molar-refractivity contribution >= 4 is 17.2 Å². The summed E-state index contributed by atoms with van der Waals surface area (Å²) < 4.78 is 5.42. The quantitative estimate of drug-likeness (QED) is 0.637. The van der Waals surface area contributed by atoms with Gasteiger partial charge in [-0.25, -0.2) is 0 Å². The van der Waals surface area contributed by atoms with Gasteiger partial charge in [0, 0.05) is 25.6 Å². The summed E-state index contributed by atoms with van der Waals surface area (Å²) in [6.45, 7) is 4.47. The van der Waals surface area contributed by atoms with E-state index < -0.39 is 0 Å². The van der Waals surface area contributed by atoms with E-state index in [4.69, 9.17) is 27.8 Å². The largest absolute Gasteiger partial charge is 0.394 e. The van der Waals surface area contributed by atoms with Gasteiger partial charge in [0.25, 0.3) is 0 Å². The van der Waals surface area contributed by atoms with E-state index in [1.54, 1.807) is 0 Å². The Labute approximate surface area is 90.0 Å². The summed E-state index contributed by atoms with van der Waals surface area (Å²) in [5.41, 5.74) is 5.45. The van der Waals surface area contributed by atoms with Gasteiger partial charge >= 0.3 is 0 Å². The number of nitrogens with zero attached hydrogens (tertiary/aromatic N) is 1. The van der Waals surface area contributed by atoms with E-state index in [-0.39, 0.29) is 12.7 Å². The smallest absolute Gasteiger partial charge is 0.0933 e. The molecule has 5 heteroatoms. The van der Waals surface area contributed by atoms with Crippen LogP contribution in [0, 0.1) is 0 Å². The molecule has 1 aliphatic heterocycles. The Morgan fingerprint density at radius 1 is 1.71 bits per heavy atom. The van der Waals surface area contributed by atoms with Crippen molar-refractivity contribution in [2.75, 3.05) is 26.3 Å². The first-order valence-corrected chi connectivity index (χ1v) is 5.29. The van der Waals surface area contributed by atoms with E-state index in [2.05, 4.69) is 11.8 Å². The number of ether oxygens (including phenoxy) is 1. The molecule has 0 spiro atoms. The van der Waals surface area contributed by atoms with Crippen molar-refractivity contribution in [2.24, 2.45) is 5.73 Å². The van der Waals surface area contributed by atoms with Gasteiger partial charge in [-0.15, -0.1) is 0 Å². The summed E-state index contributed by atoms with van der Waals surface area (Å²) in [6.07, 6.45) is 0.676. The van der Waals surface area contributed by atoms with Gasteiger partial charge in [-0.2, -0.15) is 0 Å². The van der Waals surface area contributed by atoms with E-state index in [1.165, 1.54) is 0 Å². The third-order valence-corrected chi connectivity index (χ3v) is 2.69. The van der Waals surface area contributed by atoms with Crippen LogP contribution in [0.25, 0.3) is 0 Å². The van der Waals surface area contributed by atoms with Crippen LogP contribution in [0.2, 0.25) is 0 Å². The molecule has 0 aromatic carbocycles. The molecular formula is C9H18N2O2S. The Morgan fingerprint density at radius 2 is 2.43 bits per heavy atom. The third-order valence-electron chi connectivity index (χ3n) is 2.48. The number of nitrogens with two attached hydrogens (primary N) is 1. The summed E-state index contributed by atoms with van der Waals surface area (Å²) >= 11 is 4.83. The summed E-state index contributed by atoms with van der Waals surface area (Å²) in [5.74, 6) is 0. The lowest BCUT2D eigenvalue weighted by molar-refractivity contribution is -0.0768. The van der Waals surface area contributed by atoms with Crippen molar-refractivity contribution in [3.05, 3.63) is 0 Å². The molecule has 0 aromatic rings. The fourth-order valence-electron chi connectivity index (χ4n) is 1.55. The summed E-state index contributed by atoms with van der Waals surface area (Å²) in [7, 11) is 0. The standard InChI is InChI=1S/C9H18N2O2S/c1-7-6-13-8(5-12)4-11(7)3-2-9(10)14/h7-8,12H,2-6H2,1H3,(H2,10,14). The van der Waals surface area contributed by atoms with E-state index in [1.807, 2.05) is 0 Å². The molecule has 1 aliphatic rings. The van der Waals surface area contributed by atoms with Crippen LogP contribution in [0.5, 0.6) is 0 Å². The maximum absolute atomic E-state index is 8.97. The number of hydrogen-bond donors (Lipinski definition) is 2.